The molecule has 0 spiro atoms. The molecule has 0 aliphatic carbocycles. The molecule has 2 amide bonds. The number of hydrogen-bond donors (Lipinski definition) is 2. The first-order valence-corrected chi connectivity index (χ1v) is 8.45. The Morgan fingerprint density at radius 2 is 1.96 bits per heavy atom. The van der Waals surface area contributed by atoms with Crippen molar-refractivity contribution < 1.29 is 19.1 Å². The predicted molar refractivity (Wildman–Crippen MR) is 94.0 cm³/mol. The van der Waals surface area contributed by atoms with E-state index >= 15 is 0 Å². The highest BCUT2D eigenvalue weighted by atomic mass is 16.6. The minimum absolute atomic E-state index is 0.215. The van der Waals surface area contributed by atoms with Gasteiger partial charge in [0.15, 0.2) is 0 Å². The van der Waals surface area contributed by atoms with Crippen LogP contribution in [0.3, 0.4) is 0 Å². The lowest BCUT2D eigenvalue weighted by Gasteiger charge is -2.36. The minimum Gasteiger partial charge on any atom is -0.445 e. The van der Waals surface area contributed by atoms with E-state index in [1.165, 1.54) is 0 Å². The van der Waals surface area contributed by atoms with E-state index in [4.69, 9.17) is 15.2 Å². The highest BCUT2D eigenvalue weighted by molar-refractivity contribution is 5.70. The van der Waals surface area contributed by atoms with Crippen molar-refractivity contribution in [1.29, 1.82) is 0 Å². The number of benzene rings is 1. The Morgan fingerprint density at radius 3 is 2.60 bits per heavy atom. The number of carbonyl (C=O) groups is 2. The van der Waals surface area contributed by atoms with Crippen LogP contribution >= 0.6 is 0 Å². The molecule has 1 saturated heterocycles. The molecule has 7 heteroatoms. The van der Waals surface area contributed by atoms with E-state index in [0.29, 0.717) is 19.5 Å². The van der Waals surface area contributed by atoms with E-state index in [-0.39, 0.29) is 18.7 Å². The molecule has 1 aliphatic rings. The van der Waals surface area contributed by atoms with Crippen LogP contribution < -0.4 is 11.1 Å². The summed E-state index contributed by atoms with van der Waals surface area (Å²) in [5, 5.41) is 2.75. The first-order chi connectivity index (χ1) is 11.7. The fraction of sp³-hybridized carbons (Fsp3) is 0.556. The first-order valence-electron chi connectivity index (χ1n) is 8.45. The molecule has 138 valence electrons. The fourth-order valence-corrected chi connectivity index (χ4v) is 2.56. The Kier molecular flexibility index (Phi) is 6.25. The molecule has 0 bridgehead atoms. The zero-order valence-electron chi connectivity index (χ0n) is 15.0. The first kappa shape index (κ1) is 19.1. The molecular weight excluding hydrogens is 322 g/mol. The van der Waals surface area contributed by atoms with Gasteiger partial charge in [0.05, 0.1) is 6.04 Å². The summed E-state index contributed by atoms with van der Waals surface area (Å²) in [6.07, 6.45) is -0.361. The van der Waals surface area contributed by atoms with Crippen LogP contribution in [0.1, 0.15) is 32.8 Å². The largest absolute Gasteiger partial charge is 0.445 e. The van der Waals surface area contributed by atoms with Gasteiger partial charge in [0, 0.05) is 19.1 Å². The van der Waals surface area contributed by atoms with Crippen LogP contribution in [0.15, 0.2) is 30.3 Å². The number of ether oxygens (including phenoxy) is 2. The number of alkyl carbamates (subject to hydrolysis) is 1. The third kappa shape index (κ3) is 6.26. The van der Waals surface area contributed by atoms with Crippen LogP contribution in [-0.2, 0) is 16.1 Å². The van der Waals surface area contributed by atoms with Gasteiger partial charge >= 0.3 is 12.2 Å². The molecule has 1 aliphatic heterocycles. The zero-order valence-corrected chi connectivity index (χ0v) is 15.0. The average molecular weight is 349 g/mol. The van der Waals surface area contributed by atoms with Gasteiger partial charge in [-0.25, -0.2) is 9.59 Å². The smallest absolute Gasteiger partial charge is 0.410 e. The number of nitrogens with one attached hydrogen (secondary N) is 1. The van der Waals surface area contributed by atoms with Crippen molar-refractivity contribution in [3.05, 3.63) is 35.9 Å². The van der Waals surface area contributed by atoms with Crippen molar-refractivity contribution in [2.24, 2.45) is 5.73 Å². The van der Waals surface area contributed by atoms with Gasteiger partial charge < -0.3 is 25.4 Å². The van der Waals surface area contributed by atoms with Crippen molar-refractivity contribution in [1.82, 2.24) is 10.2 Å². The van der Waals surface area contributed by atoms with Crippen molar-refractivity contribution in [3.8, 4) is 0 Å². The summed E-state index contributed by atoms with van der Waals surface area (Å²) in [6, 6.07) is 8.88. The van der Waals surface area contributed by atoms with Crippen LogP contribution in [-0.4, -0.2) is 47.9 Å². The highest BCUT2D eigenvalue weighted by Crippen LogP contribution is 2.13. The SMILES string of the molecule is CC(C)(C)OC(=O)N[C@@H]1CN(C(=O)OCc2ccccc2)CC[C@@H]1N. The Bertz CT molecular complexity index is 586. The van der Waals surface area contributed by atoms with E-state index < -0.39 is 17.8 Å². The van der Waals surface area contributed by atoms with Gasteiger partial charge in [0.25, 0.3) is 0 Å². The molecule has 0 aromatic heterocycles. The number of amides is 2. The van der Waals surface area contributed by atoms with Crippen molar-refractivity contribution in [2.75, 3.05) is 13.1 Å². The van der Waals surface area contributed by atoms with Crippen LogP contribution in [0.25, 0.3) is 0 Å². The number of nitrogens with zero attached hydrogens (tertiary/aromatic N) is 1. The summed E-state index contributed by atoms with van der Waals surface area (Å²) in [5.41, 5.74) is 6.41. The average Bonchev–Trinajstić information content (AvgIpc) is 2.54. The summed E-state index contributed by atoms with van der Waals surface area (Å²) >= 11 is 0. The second-order valence-corrected chi connectivity index (χ2v) is 7.19. The normalized spacial score (nSPS) is 20.7. The molecule has 1 aromatic rings. The number of rotatable bonds is 3. The number of likely N-dealkylation sites (tertiary alicyclic amines) is 1. The van der Waals surface area contributed by atoms with Gasteiger partial charge in [-0.1, -0.05) is 30.3 Å². The highest BCUT2D eigenvalue weighted by Gasteiger charge is 2.32. The molecule has 1 aromatic carbocycles. The quantitative estimate of drug-likeness (QED) is 0.873. The number of hydrogen-bond acceptors (Lipinski definition) is 5. The molecule has 1 fully saturated rings. The molecule has 25 heavy (non-hydrogen) atoms. The molecule has 2 atom stereocenters. The Hall–Kier alpha value is -2.28. The topological polar surface area (TPSA) is 93.9 Å². The minimum atomic E-state index is -0.586. The van der Waals surface area contributed by atoms with Gasteiger partial charge in [0.1, 0.15) is 12.2 Å². The second-order valence-electron chi connectivity index (χ2n) is 7.19. The standard InChI is InChI=1S/C18H27N3O4/c1-18(2,3)25-16(22)20-15-11-21(10-9-14(15)19)17(23)24-12-13-7-5-4-6-8-13/h4-8,14-15H,9-12,19H2,1-3H3,(H,20,22)/t14-,15+/m0/s1. The van der Waals surface area contributed by atoms with Gasteiger partial charge in [0.2, 0.25) is 0 Å². The van der Waals surface area contributed by atoms with Gasteiger partial charge in [-0.05, 0) is 32.8 Å². The predicted octanol–water partition coefficient (Wildman–Crippen LogP) is 2.25. The fourth-order valence-electron chi connectivity index (χ4n) is 2.56. The van der Waals surface area contributed by atoms with Crippen LogP contribution in [0, 0.1) is 0 Å². The summed E-state index contributed by atoms with van der Waals surface area (Å²) in [5.74, 6) is 0. The summed E-state index contributed by atoms with van der Waals surface area (Å²) in [6.45, 7) is 6.39. The molecule has 0 saturated carbocycles. The molecule has 3 N–H and O–H groups in total. The summed E-state index contributed by atoms with van der Waals surface area (Å²) in [4.78, 5) is 25.8. The maximum Gasteiger partial charge on any atom is 0.410 e. The van der Waals surface area contributed by atoms with E-state index in [0.717, 1.165) is 5.56 Å². The lowest BCUT2D eigenvalue weighted by atomic mass is 10.0. The molecular formula is C18H27N3O4. The van der Waals surface area contributed by atoms with Crippen LogP contribution in [0.4, 0.5) is 9.59 Å². The van der Waals surface area contributed by atoms with Crippen LogP contribution in [0.2, 0.25) is 0 Å². The van der Waals surface area contributed by atoms with E-state index in [1.807, 2.05) is 30.3 Å². The van der Waals surface area contributed by atoms with E-state index in [9.17, 15) is 9.59 Å². The zero-order chi connectivity index (χ0) is 18.4. The van der Waals surface area contributed by atoms with Gasteiger partial charge in [-0.2, -0.15) is 0 Å². The monoisotopic (exact) mass is 349 g/mol. The second kappa shape index (κ2) is 8.20. The van der Waals surface area contributed by atoms with Gasteiger partial charge in [-0.3, -0.25) is 0 Å². The summed E-state index contributed by atoms with van der Waals surface area (Å²) in [7, 11) is 0. The Balaban J connectivity index is 1.86. The molecule has 2 rings (SSSR count). The number of piperidine rings is 1. The third-order valence-electron chi connectivity index (χ3n) is 3.83. The van der Waals surface area contributed by atoms with Crippen molar-refractivity contribution >= 4 is 12.2 Å². The van der Waals surface area contributed by atoms with E-state index in [1.54, 1.807) is 25.7 Å². The number of nitrogens with two attached hydrogens (primary N) is 1. The maximum atomic E-state index is 12.3. The summed E-state index contributed by atoms with van der Waals surface area (Å²) < 4.78 is 10.6. The van der Waals surface area contributed by atoms with E-state index in [2.05, 4.69) is 5.32 Å². The number of carbonyl (C=O) groups excluding carboxylic acids is 2. The molecule has 1 heterocycles. The Morgan fingerprint density at radius 1 is 1.28 bits per heavy atom. The van der Waals surface area contributed by atoms with Crippen molar-refractivity contribution in [2.45, 2.75) is 51.5 Å². The molecule has 0 unspecified atom stereocenters. The molecule has 7 nitrogen and oxygen atoms in total. The molecule has 0 radical (unpaired) electrons. The lowest BCUT2D eigenvalue weighted by Crippen LogP contribution is -2.59. The van der Waals surface area contributed by atoms with Crippen LogP contribution in [0.5, 0.6) is 0 Å². The lowest BCUT2D eigenvalue weighted by molar-refractivity contribution is 0.0434. The third-order valence-corrected chi connectivity index (χ3v) is 3.83. The van der Waals surface area contributed by atoms with Gasteiger partial charge in [-0.15, -0.1) is 0 Å². The maximum absolute atomic E-state index is 12.3. The Labute approximate surface area is 148 Å². The van der Waals surface area contributed by atoms with Crippen molar-refractivity contribution in [3.63, 3.8) is 0 Å².